The summed E-state index contributed by atoms with van der Waals surface area (Å²) in [6.07, 6.45) is 10.3. The molecule has 2 N–H and O–H groups in total. The zero-order valence-corrected chi connectivity index (χ0v) is 36.2. The quantitative estimate of drug-likeness (QED) is 0.0396. The van der Waals surface area contributed by atoms with Gasteiger partial charge in [-0.25, -0.2) is 4.79 Å². The number of hydrogen-bond donors (Lipinski definition) is 2. The summed E-state index contributed by atoms with van der Waals surface area (Å²) in [4.78, 5) is 14.4. The van der Waals surface area contributed by atoms with Gasteiger partial charge in [-0.05, 0) is 83.7 Å². The lowest BCUT2D eigenvalue weighted by Gasteiger charge is -2.28. The Morgan fingerprint density at radius 2 is 1.03 bits per heavy atom. The zero-order chi connectivity index (χ0) is 41.2. The third-order valence-electron chi connectivity index (χ3n) is 10.3. The molecule has 6 rings (SSSR count). The number of benzene rings is 5. The van der Waals surface area contributed by atoms with E-state index in [0.29, 0.717) is 11.5 Å². The minimum absolute atomic E-state index is 0.0181. The van der Waals surface area contributed by atoms with Gasteiger partial charge in [-0.1, -0.05) is 147 Å². The number of methoxy groups -OCH3 is 2. The van der Waals surface area contributed by atoms with Crippen LogP contribution in [0.25, 0.3) is 11.1 Å². The maximum atomic E-state index is 14.4. The monoisotopic (exact) mass is 856 g/mol. The molecule has 1 aliphatic rings. The average Bonchev–Trinajstić information content (AvgIpc) is 3.55. The van der Waals surface area contributed by atoms with Crippen molar-refractivity contribution in [2.75, 3.05) is 37.9 Å². The van der Waals surface area contributed by atoms with E-state index in [4.69, 9.17) is 60.6 Å². The maximum Gasteiger partial charge on any atom is 0.341 e. The second-order valence-electron chi connectivity index (χ2n) is 14.1. The first kappa shape index (κ1) is 43.0. The summed E-state index contributed by atoms with van der Waals surface area (Å²) in [5.74, 6) is 0.706. The van der Waals surface area contributed by atoms with Crippen LogP contribution in [0.5, 0.6) is 11.5 Å². The standard InChI is InChI=1S/C48H48Cl4N2O4/c1-5-7-13-27-53-39-17-11-9-15-35(39)37(31-19-23-33(56-3)24-20-31)29-48(42-41(47(55)58-48)43(49)45(51)46(52)44(42)50)30-38(32-21-25-34(57-4)26-22-32)36-16-10-12-18-40(36)54-28-14-8-6-2/h9-12,15-26,29-30,53-54H,5-8,13-14,27-28H2,1-4H3. The summed E-state index contributed by atoms with van der Waals surface area (Å²) in [7, 11) is 3.27. The van der Waals surface area contributed by atoms with E-state index in [-0.39, 0.29) is 31.2 Å². The van der Waals surface area contributed by atoms with Crippen LogP contribution in [-0.2, 0) is 10.3 Å². The van der Waals surface area contributed by atoms with Crippen molar-refractivity contribution in [2.45, 2.75) is 58.0 Å². The van der Waals surface area contributed by atoms with Gasteiger partial charge in [0.15, 0.2) is 5.60 Å². The van der Waals surface area contributed by atoms with E-state index in [1.165, 1.54) is 0 Å². The summed E-state index contributed by atoms with van der Waals surface area (Å²) in [5.41, 5.74) is 5.47. The molecule has 0 atom stereocenters. The molecule has 0 unspecified atom stereocenters. The predicted molar refractivity (Wildman–Crippen MR) is 243 cm³/mol. The SMILES string of the molecule is CCCCCNc1ccccc1C(=CC1(C=C(c2ccc(OC)cc2)c2ccccc2NCCCCC)OC(=O)c2c(Cl)c(Cl)c(Cl)c(Cl)c21)c1ccc(OC)cc1. The van der Waals surface area contributed by atoms with Crippen molar-refractivity contribution in [2.24, 2.45) is 0 Å². The van der Waals surface area contributed by atoms with Crippen LogP contribution in [0.15, 0.2) is 109 Å². The lowest BCUT2D eigenvalue weighted by Crippen LogP contribution is -2.23. The van der Waals surface area contributed by atoms with E-state index in [1.807, 2.05) is 84.9 Å². The highest BCUT2D eigenvalue weighted by molar-refractivity contribution is 6.53. The molecule has 0 aromatic heterocycles. The first-order valence-electron chi connectivity index (χ1n) is 19.7. The van der Waals surface area contributed by atoms with Crippen molar-refractivity contribution >= 4 is 74.9 Å². The Hall–Kier alpha value is -4.59. The largest absolute Gasteiger partial charge is 0.497 e. The van der Waals surface area contributed by atoms with Crippen molar-refractivity contribution in [1.29, 1.82) is 0 Å². The second-order valence-corrected chi connectivity index (χ2v) is 15.6. The summed E-state index contributed by atoms with van der Waals surface area (Å²) >= 11 is 27.6. The molecule has 0 fully saturated rings. The van der Waals surface area contributed by atoms with Crippen LogP contribution in [0.4, 0.5) is 11.4 Å². The molecule has 0 saturated carbocycles. The molecule has 0 amide bonds. The van der Waals surface area contributed by atoms with Crippen LogP contribution in [0.2, 0.25) is 20.1 Å². The number of halogens is 4. The van der Waals surface area contributed by atoms with Gasteiger partial charge >= 0.3 is 5.97 Å². The fourth-order valence-corrected chi connectivity index (χ4v) is 8.31. The molecule has 0 spiro atoms. The number of carbonyl (C=O) groups is 1. The van der Waals surface area contributed by atoms with Crippen molar-refractivity contribution in [3.63, 3.8) is 0 Å². The Balaban J connectivity index is 1.72. The van der Waals surface area contributed by atoms with Crippen LogP contribution in [0.3, 0.4) is 0 Å². The number of hydrogen-bond acceptors (Lipinski definition) is 6. The van der Waals surface area contributed by atoms with Gasteiger partial charge in [-0.3, -0.25) is 0 Å². The molecule has 10 heteroatoms. The second kappa shape index (κ2) is 19.9. The first-order valence-corrected chi connectivity index (χ1v) is 21.2. The topological polar surface area (TPSA) is 68.8 Å². The van der Waals surface area contributed by atoms with Crippen molar-refractivity contribution in [3.8, 4) is 11.5 Å². The number of ether oxygens (including phenoxy) is 3. The molecule has 0 radical (unpaired) electrons. The van der Waals surface area contributed by atoms with Gasteiger partial charge in [-0.15, -0.1) is 0 Å². The fourth-order valence-electron chi connectivity index (χ4n) is 7.23. The van der Waals surface area contributed by atoms with Gasteiger partial charge < -0.3 is 24.8 Å². The highest BCUT2D eigenvalue weighted by Gasteiger charge is 2.48. The maximum absolute atomic E-state index is 14.4. The zero-order valence-electron chi connectivity index (χ0n) is 33.2. The van der Waals surface area contributed by atoms with Gasteiger partial charge in [0.05, 0.1) is 39.9 Å². The normalized spacial score (nSPS) is 15.2. The van der Waals surface area contributed by atoms with Crippen molar-refractivity contribution in [1.82, 2.24) is 0 Å². The summed E-state index contributed by atoms with van der Waals surface area (Å²) in [5, 5.41) is 7.35. The number of para-hydroxylation sites is 2. The Morgan fingerprint density at radius 1 is 0.603 bits per heavy atom. The number of unbranched alkanes of at least 4 members (excludes halogenated alkanes) is 4. The molecule has 0 saturated heterocycles. The van der Waals surface area contributed by atoms with E-state index in [2.05, 4.69) is 48.7 Å². The van der Waals surface area contributed by atoms with Crippen LogP contribution in [0.1, 0.15) is 90.5 Å². The highest BCUT2D eigenvalue weighted by Crippen LogP contribution is 2.54. The van der Waals surface area contributed by atoms with Crippen LogP contribution in [-0.4, -0.2) is 33.3 Å². The Morgan fingerprint density at radius 3 is 1.47 bits per heavy atom. The summed E-state index contributed by atoms with van der Waals surface area (Å²) in [6, 6.07) is 31.7. The van der Waals surface area contributed by atoms with Gasteiger partial charge in [0.1, 0.15) is 11.5 Å². The highest BCUT2D eigenvalue weighted by atomic mass is 35.5. The smallest absolute Gasteiger partial charge is 0.341 e. The van der Waals surface area contributed by atoms with Crippen LogP contribution >= 0.6 is 46.4 Å². The summed E-state index contributed by atoms with van der Waals surface area (Å²) in [6.45, 7) is 5.93. The molecule has 0 bridgehead atoms. The molecule has 6 nitrogen and oxygen atoms in total. The van der Waals surface area contributed by atoms with Crippen molar-refractivity contribution < 1.29 is 19.0 Å². The molecular formula is C48H48Cl4N2O4. The molecule has 5 aromatic carbocycles. The number of rotatable bonds is 18. The minimum Gasteiger partial charge on any atom is -0.497 e. The number of anilines is 2. The lowest BCUT2D eigenvalue weighted by molar-refractivity contribution is 0.0300. The molecule has 5 aromatic rings. The van der Waals surface area contributed by atoms with Gasteiger partial charge in [0, 0.05) is 41.2 Å². The van der Waals surface area contributed by atoms with E-state index in [9.17, 15) is 4.79 Å². The molecular weight excluding hydrogens is 810 g/mol. The third kappa shape index (κ3) is 9.32. The summed E-state index contributed by atoms with van der Waals surface area (Å²) < 4.78 is 17.8. The molecule has 1 aliphatic heterocycles. The number of cyclic esters (lactones) is 1. The third-order valence-corrected chi connectivity index (χ3v) is 12.1. The number of fused-ring (bicyclic) bond motifs is 1. The van der Waals surface area contributed by atoms with Gasteiger partial charge in [0.25, 0.3) is 0 Å². The molecule has 0 aliphatic carbocycles. The Labute approximate surface area is 362 Å². The average molecular weight is 859 g/mol. The van der Waals surface area contributed by atoms with Crippen LogP contribution < -0.4 is 20.1 Å². The first-order chi connectivity index (χ1) is 28.2. The molecule has 1 heterocycles. The number of carbonyl (C=O) groups excluding carboxylic acids is 1. The number of esters is 1. The van der Waals surface area contributed by atoms with E-state index < -0.39 is 11.6 Å². The van der Waals surface area contributed by atoms with Gasteiger partial charge in [-0.2, -0.15) is 0 Å². The Kier molecular flexibility index (Phi) is 14.8. The molecule has 302 valence electrons. The van der Waals surface area contributed by atoms with E-state index >= 15 is 0 Å². The van der Waals surface area contributed by atoms with E-state index in [1.54, 1.807) is 14.2 Å². The minimum atomic E-state index is -1.67. The Bertz CT molecular complexity index is 2170. The van der Waals surface area contributed by atoms with Crippen molar-refractivity contribution in [3.05, 3.63) is 163 Å². The lowest BCUT2D eigenvalue weighted by atomic mass is 9.82. The molecule has 58 heavy (non-hydrogen) atoms. The fraction of sp³-hybridized carbons (Fsp3) is 0.271. The number of nitrogens with one attached hydrogen (secondary N) is 2. The van der Waals surface area contributed by atoms with Gasteiger partial charge in [0.2, 0.25) is 0 Å². The predicted octanol–water partition coefficient (Wildman–Crippen LogP) is 14.2. The van der Waals surface area contributed by atoms with E-state index in [0.717, 1.165) is 96.4 Å². The van der Waals surface area contributed by atoms with Crippen LogP contribution in [0, 0.1) is 0 Å².